The second-order valence-corrected chi connectivity index (χ2v) is 6.33. The minimum absolute atomic E-state index is 0.291. The lowest BCUT2D eigenvalue weighted by Crippen LogP contribution is -2.30. The molecule has 0 aliphatic heterocycles. The third-order valence-electron chi connectivity index (χ3n) is 3.77. The zero-order valence-corrected chi connectivity index (χ0v) is 14.3. The molecule has 118 valence electrons. The summed E-state index contributed by atoms with van der Waals surface area (Å²) in [7, 11) is 0. The van der Waals surface area contributed by atoms with Crippen molar-refractivity contribution >= 4 is 26.9 Å². The van der Waals surface area contributed by atoms with E-state index in [1.807, 2.05) is 12.1 Å². The molecule has 0 unspecified atom stereocenters. The van der Waals surface area contributed by atoms with Crippen LogP contribution in [-0.2, 0) is 6.42 Å². The molecule has 1 aromatic heterocycles. The molecule has 1 heterocycles. The van der Waals surface area contributed by atoms with Gasteiger partial charge in [0.25, 0.3) is 5.56 Å². The summed E-state index contributed by atoms with van der Waals surface area (Å²) in [6, 6.07) is 12.5. The van der Waals surface area contributed by atoms with E-state index >= 15 is 0 Å². The lowest BCUT2D eigenvalue weighted by Gasteiger charge is -2.07. The Morgan fingerprint density at radius 2 is 1.83 bits per heavy atom. The number of halogens is 1. The molecule has 2 aromatic carbocycles. The monoisotopic (exact) mass is 373 g/mol. The van der Waals surface area contributed by atoms with Gasteiger partial charge in [0.2, 0.25) is 0 Å². The molecule has 0 saturated carbocycles. The molecule has 0 fully saturated rings. The summed E-state index contributed by atoms with van der Waals surface area (Å²) in [6.07, 6.45) is 3.24. The summed E-state index contributed by atoms with van der Waals surface area (Å²) < 4.78 is 7.09. The summed E-state index contributed by atoms with van der Waals surface area (Å²) in [5.41, 5.74) is 1.63. The van der Waals surface area contributed by atoms with Gasteiger partial charge >= 0.3 is 5.76 Å². The van der Waals surface area contributed by atoms with E-state index < -0.39 is 5.76 Å². The molecular weight excluding hydrogens is 358 g/mol. The third kappa shape index (κ3) is 3.15. The normalized spacial score (nSPS) is 11.0. The number of aromatic nitrogens is 1. The molecule has 23 heavy (non-hydrogen) atoms. The molecule has 0 spiro atoms. The number of aryl methyl sites for hydroxylation is 1. The lowest BCUT2D eigenvalue weighted by atomic mass is 10.1. The largest absolute Gasteiger partial charge is 0.426 e. The maximum atomic E-state index is 12.6. The van der Waals surface area contributed by atoms with Gasteiger partial charge in [-0.15, -0.1) is 0 Å². The number of benzene rings is 2. The van der Waals surface area contributed by atoms with Crippen molar-refractivity contribution in [3.63, 3.8) is 0 Å². The highest BCUT2D eigenvalue weighted by Crippen LogP contribution is 2.16. The topological polar surface area (TPSA) is 52.2 Å². The molecule has 5 heteroatoms. The number of nitrogens with zero attached hydrogens (tertiary/aromatic N) is 1. The highest BCUT2D eigenvalue weighted by molar-refractivity contribution is 9.10. The second kappa shape index (κ2) is 6.54. The summed E-state index contributed by atoms with van der Waals surface area (Å²) in [5.74, 6) is -0.675. The molecule has 0 atom stereocenters. The maximum absolute atomic E-state index is 12.6. The number of hydrogen-bond donors (Lipinski definition) is 0. The first-order valence-electron chi connectivity index (χ1n) is 7.55. The van der Waals surface area contributed by atoms with E-state index in [0.717, 1.165) is 28.3 Å². The molecule has 0 N–H and O–H groups in total. The van der Waals surface area contributed by atoms with Crippen molar-refractivity contribution in [2.24, 2.45) is 0 Å². The highest BCUT2D eigenvalue weighted by atomic mass is 79.9. The predicted octanol–water partition coefficient (Wildman–Crippen LogP) is 4.05. The van der Waals surface area contributed by atoms with Crippen molar-refractivity contribution in [3.8, 4) is 5.69 Å². The van der Waals surface area contributed by atoms with Crippen LogP contribution in [0.4, 0.5) is 0 Å². The van der Waals surface area contributed by atoms with Crippen LogP contribution >= 0.6 is 15.9 Å². The van der Waals surface area contributed by atoms with Gasteiger partial charge in [-0.3, -0.25) is 4.79 Å². The molecule has 3 rings (SSSR count). The Kier molecular flexibility index (Phi) is 4.48. The lowest BCUT2D eigenvalue weighted by molar-refractivity contribution is 0.504. The van der Waals surface area contributed by atoms with Crippen LogP contribution in [0, 0.1) is 0 Å². The SMILES string of the molecule is CCCCc1ccc(-n2c(=O)oc3ccc(Br)cc3c2=O)cc1. The van der Waals surface area contributed by atoms with Crippen LogP contribution in [0.15, 0.2) is 60.9 Å². The van der Waals surface area contributed by atoms with Gasteiger partial charge in [-0.25, -0.2) is 9.36 Å². The molecular formula is C18H16BrNO3. The van der Waals surface area contributed by atoms with Gasteiger partial charge < -0.3 is 4.42 Å². The molecule has 0 bridgehead atoms. The molecule has 0 aliphatic carbocycles. The van der Waals surface area contributed by atoms with Crippen molar-refractivity contribution in [2.75, 3.05) is 0 Å². The smallest absolute Gasteiger partial charge is 0.409 e. The van der Waals surface area contributed by atoms with E-state index in [2.05, 4.69) is 22.9 Å². The Hall–Kier alpha value is -2.14. The zero-order valence-electron chi connectivity index (χ0n) is 12.7. The van der Waals surface area contributed by atoms with Gasteiger partial charge in [-0.1, -0.05) is 41.4 Å². The minimum atomic E-state index is -0.675. The van der Waals surface area contributed by atoms with Gasteiger partial charge in [0.05, 0.1) is 11.1 Å². The van der Waals surface area contributed by atoms with E-state index in [1.54, 1.807) is 30.3 Å². The van der Waals surface area contributed by atoms with Crippen molar-refractivity contribution < 1.29 is 4.42 Å². The van der Waals surface area contributed by atoms with E-state index in [9.17, 15) is 9.59 Å². The fourth-order valence-corrected chi connectivity index (χ4v) is 2.88. The minimum Gasteiger partial charge on any atom is -0.409 e. The first-order valence-corrected chi connectivity index (χ1v) is 8.34. The molecule has 0 amide bonds. The number of unbranched alkanes of at least 4 members (excludes halogenated alkanes) is 1. The molecule has 0 radical (unpaired) electrons. The van der Waals surface area contributed by atoms with Crippen LogP contribution in [0.1, 0.15) is 25.3 Å². The Bertz CT molecular complexity index is 955. The first kappa shape index (κ1) is 15.7. The van der Waals surface area contributed by atoms with Gasteiger partial charge in [0.1, 0.15) is 5.58 Å². The van der Waals surface area contributed by atoms with E-state index in [0.29, 0.717) is 16.7 Å². The first-order chi connectivity index (χ1) is 11.1. The quantitative estimate of drug-likeness (QED) is 0.692. The molecule has 0 aliphatic rings. The Labute approximate surface area is 141 Å². The van der Waals surface area contributed by atoms with Crippen LogP contribution in [-0.4, -0.2) is 4.57 Å². The highest BCUT2D eigenvalue weighted by Gasteiger charge is 2.11. The fraction of sp³-hybridized carbons (Fsp3) is 0.222. The van der Waals surface area contributed by atoms with E-state index in [1.165, 1.54) is 5.56 Å². The van der Waals surface area contributed by atoms with Crippen molar-refractivity contribution in [2.45, 2.75) is 26.2 Å². The van der Waals surface area contributed by atoms with Crippen molar-refractivity contribution in [1.29, 1.82) is 0 Å². The van der Waals surface area contributed by atoms with Gasteiger partial charge in [0, 0.05) is 4.47 Å². The molecule has 4 nitrogen and oxygen atoms in total. The number of rotatable bonds is 4. The Morgan fingerprint density at radius 1 is 1.09 bits per heavy atom. The molecule has 3 aromatic rings. The van der Waals surface area contributed by atoms with Gasteiger partial charge in [0.15, 0.2) is 0 Å². The predicted molar refractivity (Wildman–Crippen MR) is 94.4 cm³/mol. The van der Waals surface area contributed by atoms with Crippen LogP contribution in [0.2, 0.25) is 0 Å². The Morgan fingerprint density at radius 3 is 2.52 bits per heavy atom. The standard InChI is InChI=1S/C18H16BrNO3/c1-2-3-4-12-5-8-14(9-6-12)20-17(21)15-11-13(19)7-10-16(15)23-18(20)22/h5-11H,2-4H2,1H3. The van der Waals surface area contributed by atoms with Gasteiger partial charge in [-0.05, 0) is 48.7 Å². The van der Waals surface area contributed by atoms with Crippen LogP contribution in [0.25, 0.3) is 16.7 Å². The second-order valence-electron chi connectivity index (χ2n) is 5.42. The number of hydrogen-bond acceptors (Lipinski definition) is 3. The summed E-state index contributed by atoms with van der Waals surface area (Å²) in [4.78, 5) is 24.8. The van der Waals surface area contributed by atoms with Crippen molar-refractivity contribution in [3.05, 3.63) is 73.4 Å². The van der Waals surface area contributed by atoms with Crippen LogP contribution < -0.4 is 11.3 Å². The maximum Gasteiger partial charge on any atom is 0.426 e. The zero-order chi connectivity index (χ0) is 16.4. The third-order valence-corrected chi connectivity index (χ3v) is 4.26. The van der Waals surface area contributed by atoms with Crippen LogP contribution in [0.5, 0.6) is 0 Å². The van der Waals surface area contributed by atoms with Crippen molar-refractivity contribution in [1.82, 2.24) is 4.57 Å². The summed E-state index contributed by atoms with van der Waals surface area (Å²) in [6.45, 7) is 2.15. The van der Waals surface area contributed by atoms with Crippen LogP contribution in [0.3, 0.4) is 0 Å². The Balaban J connectivity index is 2.12. The molecule has 0 saturated heterocycles. The fourth-order valence-electron chi connectivity index (χ4n) is 2.52. The van der Waals surface area contributed by atoms with Gasteiger partial charge in [-0.2, -0.15) is 0 Å². The average molecular weight is 374 g/mol. The number of fused-ring (bicyclic) bond motifs is 1. The van der Waals surface area contributed by atoms with E-state index in [4.69, 9.17) is 4.42 Å². The van der Waals surface area contributed by atoms with E-state index in [-0.39, 0.29) is 5.56 Å². The average Bonchev–Trinajstić information content (AvgIpc) is 2.55. The summed E-state index contributed by atoms with van der Waals surface area (Å²) >= 11 is 3.33. The summed E-state index contributed by atoms with van der Waals surface area (Å²) in [5, 5.41) is 0.369.